The van der Waals surface area contributed by atoms with Gasteiger partial charge in [0.15, 0.2) is 0 Å². The molecule has 1 atom stereocenters. The zero-order valence-electron chi connectivity index (χ0n) is 19.3. The van der Waals surface area contributed by atoms with Crippen LogP contribution in [0.3, 0.4) is 0 Å². The molecule has 0 fully saturated rings. The van der Waals surface area contributed by atoms with Crippen LogP contribution in [-0.2, 0) is 22.5 Å². The van der Waals surface area contributed by atoms with Crippen molar-refractivity contribution in [2.24, 2.45) is 5.92 Å². The van der Waals surface area contributed by atoms with E-state index in [0.717, 1.165) is 16.5 Å². The normalized spacial score (nSPS) is 12.7. The van der Waals surface area contributed by atoms with Crippen molar-refractivity contribution >= 4 is 23.0 Å². The topological polar surface area (TPSA) is 100 Å². The number of ether oxygens (including phenoxy) is 1. The van der Waals surface area contributed by atoms with Gasteiger partial charge in [-0.3, -0.25) is 4.79 Å². The van der Waals surface area contributed by atoms with Crippen molar-refractivity contribution in [2.75, 3.05) is 6.54 Å². The number of rotatable bonds is 8. The van der Waals surface area contributed by atoms with Crippen molar-refractivity contribution in [1.82, 2.24) is 20.2 Å². The predicted molar refractivity (Wildman–Crippen MR) is 122 cm³/mol. The fourth-order valence-electron chi connectivity index (χ4n) is 3.49. The molecular formula is C24H32N4O4. The number of aromatic nitrogens is 2. The summed E-state index contributed by atoms with van der Waals surface area (Å²) in [4.78, 5) is 35.0. The molecule has 2 amide bonds. The zero-order valence-corrected chi connectivity index (χ0v) is 19.3. The highest BCUT2D eigenvalue weighted by Crippen LogP contribution is 2.19. The first-order valence-electron chi connectivity index (χ1n) is 10.8. The minimum absolute atomic E-state index is 0.181. The molecule has 0 spiro atoms. The van der Waals surface area contributed by atoms with Crippen LogP contribution < -0.4 is 5.32 Å². The monoisotopic (exact) mass is 440 g/mol. The van der Waals surface area contributed by atoms with Crippen molar-refractivity contribution in [3.8, 4) is 0 Å². The first kappa shape index (κ1) is 23.4. The number of hydrogen-bond donors (Lipinski definition) is 2. The molecule has 0 aliphatic heterocycles. The van der Waals surface area contributed by atoms with Crippen LogP contribution in [0.4, 0.5) is 4.79 Å². The van der Waals surface area contributed by atoms with Gasteiger partial charge in [-0.25, -0.2) is 9.78 Å². The number of nitrogens with zero attached hydrogens (tertiary/aromatic N) is 2. The van der Waals surface area contributed by atoms with Crippen LogP contribution in [0.15, 0.2) is 47.5 Å². The van der Waals surface area contributed by atoms with Crippen LogP contribution in [0.25, 0.3) is 11.0 Å². The third kappa shape index (κ3) is 6.60. The highest BCUT2D eigenvalue weighted by molar-refractivity contribution is 5.86. The van der Waals surface area contributed by atoms with E-state index in [9.17, 15) is 9.59 Å². The summed E-state index contributed by atoms with van der Waals surface area (Å²) in [5.41, 5.74) is 1.81. The number of carbonyl (C=O) groups is 2. The molecular weight excluding hydrogens is 408 g/mol. The number of H-pyrrole nitrogens is 1. The third-order valence-corrected chi connectivity index (χ3v) is 4.74. The van der Waals surface area contributed by atoms with Gasteiger partial charge in [0.2, 0.25) is 5.91 Å². The molecule has 32 heavy (non-hydrogen) atoms. The summed E-state index contributed by atoms with van der Waals surface area (Å²) in [6, 6.07) is 6.98. The second-order valence-corrected chi connectivity index (χ2v) is 9.37. The van der Waals surface area contributed by atoms with Gasteiger partial charge >= 0.3 is 6.09 Å². The molecule has 0 aliphatic carbocycles. The molecule has 0 unspecified atom stereocenters. The van der Waals surface area contributed by atoms with E-state index < -0.39 is 17.7 Å². The molecule has 2 N–H and O–H groups in total. The molecule has 8 heteroatoms. The molecule has 3 rings (SSSR count). The zero-order chi connectivity index (χ0) is 23.3. The lowest BCUT2D eigenvalue weighted by Crippen LogP contribution is -2.51. The number of carbonyl (C=O) groups excluding carboxylic acids is 2. The van der Waals surface area contributed by atoms with Gasteiger partial charge in [0.25, 0.3) is 0 Å². The summed E-state index contributed by atoms with van der Waals surface area (Å²) in [6.45, 7) is 10.4. The Morgan fingerprint density at radius 2 is 2.03 bits per heavy atom. The van der Waals surface area contributed by atoms with E-state index in [0.29, 0.717) is 18.8 Å². The highest BCUT2D eigenvalue weighted by atomic mass is 16.6. The molecule has 0 bridgehead atoms. The standard InChI is InChI=1S/C24H32N4O4/c1-16(2)13-28(14-17-6-7-21-18(10-17)8-9-31-21)22(29)20(11-19-12-25-15-26-19)27-23(30)32-24(3,4)5/h6-10,12,15-16,20H,11,13-14H2,1-5H3,(H,25,26)(H,27,30)/t20-/m0/s1. The molecule has 3 aromatic rings. The number of fused-ring (bicyclic) bond motifs is 1. The summed E-state index contributed by atoms with van der Waals surface area (Å²) < 4.78 is 10.8. The van der Waals surface area contributed by atoms with Gasteiger partial charge in [0.05, 0.1) is 18.3 Å². The van der Waals surface area contributed by atoms with Crippen LogP contribution in [0, 0.1) is 5.92 Å². The summed E-state index contributed by atoms with van der Waals surface area (Å²) in [7, 11) is 0. The summed E-state index contributed by atoms with van der Waals surface area (Å²) >= 11 is 0. The third-order valence-electron chi connectivity index (χ3n) is 4.74. The second kappa shape index (κ2) is 9.89. The number of alkyl carbamates (subject to hydrolysis) is 1. The van der Waals surface area contributed by atoms with E-state index in [-0.39, 0.29) is 18.2 Å². The van der Waals surface area contributed by atoms with E-state index in [1.807, 2.05) is 24.3 Å². The molecule has 0 saturated carbocycles. The summed E-state index contributed by atoms with van der Waals surface area (Å²) in [5, 5.41) is 3.74. The van der Waals surface area contributed by atoms with Gasteiger partial charge in [0.1, 0.15) is 17.2 Å². The Morgan fingerprint density at radius 1 is 1.25 bits per heavy atom. The number of amides is 2. The number of benzene rings is 1. The van der Waals surface area contributed by atoms with Crippen LogP contribution in [0.1, 0.15) is 45.9 Å². The SMILES string of the molecule is CC(C)CN(Cc1ccc2occc2c1)C(=O)[C@H](Cc1c[nH]cn1)NC(=O)OC(C)(C)C. The van der Waals surface area contributed by atoms with E-state index in [1.165, 1.54) is 0 Å². The number of imidazole rings is 1. The van der Waals surface area contributed by atoms with E-state index >= 15 is 0 Å². The van der Waals surface area contributed by atoms with Gasteiger partial charge in [-0.05, 0) is 50.5 Å². The average Bonchev–Trinajstić information content (AvgIpc) is 3.35. The predicted octanol–water partition coefficient (Wildman–Crippen LogP) is 4.28. The fourth-order valence-corrected chi connectivity index (χ4v) is 3.49. The molecule has 0 radical (unpaired) electrons. The van der Waals surface area contributed by atoms with E-state index in [1.54, 1.807) is 44.5 Å². The van der Waals surface area contributed by atoms with E-state index in [2.05, 4.69) is 29.1 Å². The lowest BCUT2D eigenvalue weighted by Gasteiger charge is -2.30. The maximum atomic E-state index is 13.6. The first-order valence-corrected chi connectivity index (χ1v) is 10.8. The van der Waals surface area contributed by atoms with Crippen molar-refractivity contribution < 1.29 is 18.7 Å². The largest absolute Gasteiger partial charge is 0.464 e. The Kier molecular flexibility index (Phi) is 7.22. The van der Waals surface area contributed by atoms with Crippen molar-refractivity contribution in [3.63, 3.8) is 0 Å². The molecule has 172 valence electrons. The summed E-state index contributed by atoms with van der Waals surface area (Å²) in [6.07, 6.45) is 4.55. The second-order valence-electron chi connectivity index (χ2n) is 9.37. The van der Waals surface area contributed by atoms with Gasteiger partial charge in [0, 0.05) is 31.1 Å². The maximum Gasteiger partial charge on any atom is 0.408 e. The number of aromatic amines is 1. The van der Waals surface area contributed by atoms with Gasteiger partial charge in [-0.1, -0.05) is 19.9 Å². The van der Waals surface area contributed by atoms with Gasteiger partial charge in [-0.15, -0.1) is 0 Å². The maximum absolute atomic E-state index is 13.6. The van der Waals surface area contributed by atoms with Crippen molar-refractivity contribution in [2.45, 2.75) is 59.2 Å². The van der Waals surface area contributed by atoms with Crippen LogP contribution in [0.2, 0.25) is 0 Å². The average molecular weight is 441 g/mol. The van der Waals surface area contributed by atoms with Crippen molar-refractivity contribution in [1.29, 1.82) is 0 Å². The minimum atomic E-state index is -0.801. The Labute approximate surface area is 188 Å². The lowest BCUT2D eigenvalue weighted by molar-refractivity contribution is -0.134. The van der Waals surface area contributed by atoms with Crippen LogP contribution >= 0.6 is 0 Å². The van der Waals surface area contributed by atoms with Crippen LogP contribution in [-0.4, -0.2) is 45.1 Å². The van der Waals surface area contributed by atoms with Crippen LogP contribution in [0.5, 0.6) is 0 Å². The lowest BCUT2D eigenvalue weighted by atomic mass is 10.1. The Morgan fingerprint density at radius 3 is 2.69 bits per heavy atom. The molecule has 1 aromatic carbocycles. The quantitative estimate of drug-likeness (QED) is 0.545. The molecule has 2 aromatic heterocycles. The van der Waals surface area contributed by atoms with Gasteiger partial charge < -0.3 is 24.4 Å². The summed E-state index contributed by atoms with van der Waals surface area (Å²) in [5.74, 6) is 0.0732. The fraction of sp³-hybridized carbons (Fsp3) is 0.458. The van der Waals surface area contributed by atoms with Gasteiger partial charge in [-0.2, -0.15) is 0 Å². The minimum Gasteiger partial charge on any atom is -0.464 e. The Bertz CT molecular complexity index is 1030. The first-order chi connectivity index (χ1) is 15.1. The smallest absolute Gasteiger partial charge is 0.408 e. The Hall–Kier alpha value is -3.29. The highest BCUT2D eigenvalue weighted by Gasteiger charge is 2.29. The van der Waals surface area contributed by atoms with E-state index in [4.69, 9.17) is 9.15 Å². The molecule has 0 aliphatic rings. The molecule has 2 heterocycles. The van der Waals surface area contributed by atoms with Crippen molar-refractivity contribution in [3.05, 3.63) is 54.3 Å². The Balaban J connectivity index is 1.82. The molecule has 8 nitrogen and oxygen atoms in total. The number of nitrogens with one attached hydrogen (secondary N) is 2. The molecule has 0 saturated heterocycles. The number of furan rings is 1. The number of hydrogen-bond acceptors (Lipinski definition) is 5.